The topological polar surface area (TPSA) is 17.1 Å². The van der Waals surface area contributed by atoms with E-state index in [1.807, 2.05) is 32.0 Å². The van der Waals surface area contributed by atoms with Crippen LogP contribution in [0.1, 0.15) is 77.2 Å². The minimum atomic E-state index is 0.127. The molecule has 1 unspecified atom stereocenters. The van der Waals surface area contributed by atoms with E-state index in [2.05, 4.69) is 46.9 Å². The molecule has 1 aromatic carbocycles. The predicted molar refractivity (Wildman–Crippen MR) is 112 cm³/mol. The summed E-state index contributed by atoms with van der Waals surface area (Å²) in [6, 6.07) is 7.95. The lowest BCUT2D eigenvalue weighted by Gasteiger charge is -2.33. The molecule has 0 aromatic heterocycles. The van der Waals surface area contributed by atoms with Gasteiger partial charge in [-0.05, 0) is 62.8 Å². The first-order valence-corrected chi connectivity index (χ1v) is 9.89. The molecule has 1 rings (SSSR count). The van der Waals surface area contributed by atoms with Gasteiger partial charge in [-0.3, -0.25) is 4.79 Å². The Bertz CT molecular complexity index is 545. The number of hydrogen-bond donors (Lipinski definition) is 0. The van der Waals surface area contributed by atoms with Gasteiger partial charge in [-0.15, -0.1) is 0 Å². The summed E-state index contributed by atoms with van der Waals surface area (Å²) in [5.41, 5.74) is 3.21. The number of ketones is 1. The van der Waals surface area contributed by atoms with E-state index in [1.165, 1.54) is 25.0 Å². The molecule has 0 saturated heterocycles. The highest BCUT2D eigenvalue weighted by Gasteiger charge is 2.17. The van der Waals surface area contributed by atoms with Gasteiger partial charge in [0.15, 0.2) is 5.78 Å². The fourth-order valence-electron chi connectivity index (χ4n) is 2.72. The van der Waals surface area contributed by atoms with E-state index in [4.69, 9.17) is 0 Å². The maximum Gasteiger partial charge on any atom is 0.159 e. The Balaban J connectivity index is 0.00000277. The molecule has 25 heavy (non-hydrogen) atoms. The largest absolute Gasteiger partial charge is 0.323 e. The second-order valence-corrected chi connectivity index (χ2v) is 7.40. The fraction of sp³-hybridized carbons (Fsp3) is 0.609. The monoisotopic (exact) mass is 346 g/mol. The third-order valence-electron chi connectivity index (χ3n) is 4.81. The van der Waals surface area contributed by atoms with Crippen molar-refractivity contribution in [2.75, 3.05) is 26.7 Å². The zero-order valence-corrected chi connectivity index (χ0v) is 17.9. The van der Waals surface area contributed by atoms with Crippen molar-refractivity contribution in [3.63, 3.8) is 0 Å². The Hall–Kier alpha value is -1.41. The summed E-state index contributed by atoms with van der Waals surface area (Å²) >= 11 is 0. The molecule has 0 spiro atoms. The molecular weight excluding hydrogens is 306 g/mol. The van der Waals surface area contributed by atoms with Crippen molar-refractivity contribution >= 4 is 11.4 Å². The van der Waals surface area contributed by atoms with Gasteiger partial charge in [0.25, 0.3) is 0 Å². The number of carbonyl (C=O) groups excluding carboxylic acids is 1. The van der Waals surface area contributed by atoms with E-state index < -0.39 is 0 Å². The van der Waals surface area contributed by atoms with Gasteiger partial charge in [-0.2, -0.15) is 0 Å². The Morgan fingerprint density at radius 3 is 2.28 bits per heavy atom. The van der Waals surface area contributed by atoms with Crippen LogP contribution in [0, 0.1) is 5.92 Å². The van der Waals surface area contributed by atoms with Crippen LogP contribution in [0.5, 0.6) is 0 Å². The molecule has 1 atom stereocenters. The SMILES string of the molecule is CC.CC[N+](C)(C/C=C(\C)c1cccc(C(C)=O)c1)CCCC(C)C. The number of rotatable bonds is 9. The first-order valence-electron chi connectivity index (χ1n) is 9.89. The van der Waals surface area contributed by atoms with Crippen LogP contribution in [0.3, 0.4) is 0 Å². The zero-order chi connectivity index (χ0) is 19.5. The Morgan fingerprint density at radius 2 is 1.76 bits per heavy atom. The number of allylic oxidation sites excluding steroid dienone is 1. The number of Topliss-reactive ketones (excluding diaryl/α,β-unsaturated/α-hetero) is 1. The summed E-state index contributed by atoms with van der Waals surface area (Å²) in [5.74, 6) is 0.911. The molecule has 0 heterocycles. The molecule has 0 saturated carbocycles. The lowest BCUT2D eigenvalue weighted by Crippen LogP contribution is -2.44. The number of hydrogen-bond acceptors (Lipinski definition) is 1. The molecule has 0 aliphatic carbocycles. The molecule has 0 aliphatic rings. The fourth-order valence-corrected chi connectivity index (χ4v) is 2.72. The first kappa shape index (κ1) is 23.6. The molecule has 0 bridgehead atoms. The molecule has 142 valence electrons. The highest BCUT2D eigenvalue weighted by molar-refractivity contribution is 5.94. The van der Waals surface area contributed by atoms with Gasteiger partial charge in [0.2, 0.25) is 0 Å². The summed E-state index contributed by atoms with van der Waals surface area (Å²) in [4.78, 5) is 11.5. The molecule has 0 amide bonds. The van der Waals surface area contributed by atoms with E-state index >= 15 is 0 Å². The van der Waals surface area contributed by atoms with E-state index in [0.717, 1.165) is 34.6 Å². The second kappa shape index (κ2) is 12.0. The van der Waals surface area contributed by atoms with Crippen LogP contribution in [-0.2, 0) is 0 Å². The van der Waals surface area contributed by atoms with Crippen LogP contribution < -0.4 is 0 Å². The highest BCUT2D eigenvalue weighted by atomic mass is 16.1. The van der Waals surface area contributed by atoms with Crippen LogP contribution in [0.15, 0.2) is 30.3 Å². The summed E-state index contributed by atoms with van der Waals surface area (Å²) in [7, 11) is 2.34. The normalized spacial score (nSPS) is 13.9. The van der Waals surface area contributed by atoms with Crippen molar-refractivity contribution in [1.29, 1.82) is 0 Å². The maximum absolute atomic E-state index is 11.5. The van der Waals surface area contributed by atoms with Crippen molar-refractivity contribution < 1.29 is 9.28 Å². The lowest BCUT2D eigenvalue weighted by molar-refractivity contribution is -0.902. The number of benzene rings is 1. The summed E-state index contributed by atoms with van der Waals surface area (Å²) in [6.07, 6.45) is 4.92. The molecule has 2 nitrogen and oxygen atoms in total. The van der Waals surface area contributed by atoms with Gasteiger partial charge in [0, 0.05) is 5.56 Å². The smallest absolute Gasteiger partial charge is 0.159 e. The Kier molecular flexibility index (Phi) is 11.3. The summed E-state index contributed by atoms with van der Waals surface area (Å²) < 4.78 is 1.08. The standard InChI is InChI=1S/C21H34NO.C2H6/c1-7-22(6,14-9-10-17(2)3)15-13-18(4)20-11-8-12-21(16-20)19(5)23;1-2/h8,11-13,16-17H,7,9-10,14-15H2,1-6H3;1-2H3/q+1;/b18-13+;. The van der Waals surface area contributed by atoms with E-state index in [0.29, 0.717) is 0 Å². The van der Waals surface area contributed by atoms with Crippen LogP contribution in [0.2, 0.25) is 0 Å². The summed E-state index contributed by atoms with van der Waals surface area (Å²) in [6.45, 7) is 18.1. The molecule has 1 aromatic rings. The van der Waals surface area contributed by atoms with Crippen molar-refractivity contribution in [2.24, 2.45) is 5.92 Å². The molecule has 0 N–H and O–H groups in total. The third kappa shape index (κ3) is 9.02. The Labute approximate surface area is 156 Å². The average molecular weight is 347 g/mol. The van der Waals surface area contributed by atoms with Crippen molar-refractivity contribution in [3.8, 4) is 0 Å². The number of carbonyl (C=O) groups is 1. The molecule has 0 radical (unpaired) electrons. The van der Waals surface area contributed by atoms with E-state index in [-0.39, 0.29) is 5.78 Å². The van der Waals surface area contributed by atoms with Gasteiger partial charge in [0.1, 0.15) is 0 Å². The quantitative estimate of drug-likeness (QED) is 0.383. The van der Waals surface area contributed by atoms with Crippen molar-refractivity contribution in [2.45, 2.75) is 61.3 Å². The first-order chi connectivity index (χ1) is 11.8. The molecule has 0 aliphatic heterocycles. The average Bonchev–Trinajstić information content (AvgIpc) is 2.61. The van der Waals surface area contributed by atoms with Gasteiger partial charge >= 0.3 is 0 Å². The number of nitrogens with zero attached hydrogens (tertiary/aromatic N) is 1. The van der Waals surface area contributed by atoms with Crippen LogP contribution >= 0.6 is 0 Å². The van der Waals surface area contributed by atoms with Crippen molar-refractivity contribution in [3.05, 3.63) is 41.5 Å². The third-order valence-corrected chi connectivity index (χ3v) is 4.81. The van der Waals surface area contributed by atoms with Gasteiger partial charge in [-0.25, -0.2) is 0 Å². The van der Waals surface area contributed by atoms with Gasteiger partial charge in [-0.1, -0.05) is 45.9 Å². The Morgan fingerprint density at radius 1 is 1.16 bits per heavy atom. The number of quaternary nitrogens is 1. The minimum absolute atomic E-state index is 0.127. The molecular formula is C23H40NO+. The molecule has 0 fully saturated rings. The number of likely N-dealkylation sites (N-methyl/N-ethyl adjacent to an activating group) is 1. The van der Waals surface area contributed by atoms with E-state index in [1.54, 1.807) is 6.92 Å². The second-order valence-electron chi connectivity index (χ2n) is 7.40. The maximum atomic E-state index is 11.5. The lowest BCUT2D eigenvalue weighted by atomic mass is 10.0. The minimum Gasteiger partial charge on any atom is -0.323 e. The van der Waals surface area contributed by atoms with Crippen LogP contribution in [-0.4, -0.2) is 36.9 Å². The zero-order valence-electron chi connectivity index (χ0n) is 17.9. The predicted octanol–water partition coefficient (Wildman–Crippen LogP) is 6.22. The van der Waals surface area contributed by atoms with Gasteiger partial charge in [0.05, 0.1) is 26.7 Å². The summed E-state index contributed by atoms with van der Waals surface area (Å²) in [5, 5.41) is 0. The van der Waals surface area contributed by atoms with Crippen LogP contribution in [0.4, 0.5) is 0 Å². The van der Waals surface area contributed by atoms with Crippen LogP contribution in [0.25, 0.3) is 5.57 Å². The van der Waals surface area contributed by atoms with Crippen molar-refractivity contribution in [1.82, 2.24) is 0 Å². The molecule has 2 heteroatoms. The highest BCUT2D eigenvalue weighted by Crippen LogP contribution is 2.17. The van der Waals surface area contributed by atoms with Gasteiger partial charge < -0.3 is 4.48 Å². The van der Waals surface area contributed by atoms with E-state index in [9.17, 15) is 4.79 Å².